The van der Waals surface area contributed by atoms with Crippen molar-refractivity contribution in [2.75, 3.05) is 6.54 Å². The molecular weight excluding hydrogens is 232 g/mol. The highest BCUT2D eigenvalue weighted by molar-refractivity contribution is 6.31. The fraction of sp³-hybridized carbons (Fsp3) is 0.571. The van der Waals surface area contributed by atoms with E-state index in [4.69, 9.17) is 11.6 Å². The number of nitrogens with one attached hydrogen (secondary N) is 2. The summed E-state index contributed by atoms with van der Waals surface area (Å²) in [4.78, 5) is 0. The van der Waals surface area contributed by atoms with Crippen molar-refractivity contribution in [3.63, 3.8) is 0 Å². The summed E-state index contributed by atoms with van der Waals surface area (Å²) in [5.41, 5.74) is 2.36. The van der Waals surface area contributed by atoms with Crippen LogP contribution in [-0.2, 0) is 6.54 Å². The molecule has 1 rings (SSSR count). The second-order valence-electron chi connectivity index (χ2n) is 4.94. The fourth-order valence-corrected chi connectivity index (χ4v) is 1.87. The van der Waals surface area contributed by atoms with Crippen molar-refractivity contribution in [3.8, 4) is 0 Å². The van der Waals surface area contributed by atoms with Crippen LogP contribution >= 0.6 is 11.6 Å². The van der Waals surface area contributed by atoms with E-state index in [1.807, 2.05) is 6.07 Å². The second-order valence-corrected chi connectivity index (χ2v) is 5.35. The Bertz CT molecular complexity index is 350. The van der Waals surface area contributed by atoms with Gasteiger partial charge in [0.05, 0.1) is 0 Å². The van der Waals surface area contributed by atoms with Crippen LogP contribution < -0.4 is 10.6 Å². The quantitative estimate of drug-likeness (QED) is 0.815. The summed E-state index contributed by atoms with van der Waals surface area (Å²) in [5.74, 6) is 0. The van der Waals surface area contributed by atoms with Crippen LogP contribution in [0.2, 0.25) is 5.02 Å². The third kappa shape index (κ3) is 5.53. The molecular formula is C14H23ClN2. The fourth-order valence-electron chi connectivity index (χ4n) is 1.56. The van der Waals surface area contributed by atoms with Gasteiger partial charge in [-0.2, -0.15) is 0 Å². The van der Waals surface area contributed by atoms with E-state index in [9.17, 15) is 0 Å². The zero-order chi connectivity index (χ0) is 12.8. The molecule has 0 amide bonds. The Balaban J connectivity index is 2.39. The van der Waals surface area contributed by atoms with Crippen molar-refractivity contribution >= 4 is 11.6 Å². The summed E-state index contributed by atoms with van der Waals surface area (Å²) in [6, 6.07) is 7.17. The van der Waals surface area contributed by atoms with Crippen LogP contribution in [0.25, 0.3) is 0 Å². The van der Waals surface area contributed by atoms with Gasteiger partial charge in [0.15, 0.2) is 0 Å². The summed E-state index contributed by atoms with van der Waals surface area (Å²) in [6.07, 6.45) is 0. The van der Waals surface area contributed by atoms with Gasteiger partial charge in [0, 0.05) is 30.2 Å². The zero-order valence-electron chi connectivity index (χ0n) is 11.2. The van der Waals surface area contributed by atoms with Gasteiger partial charge in [-0.1, -0.05) is 37.6 Å². The molecule has 0 spiro atoms. The molecule has 17 heavy (non-hydrogen) atoms. The minimum Gasteiger partial charge on any atom is -0.313 e. The average Bonchev–Trinajstić information content (AvgIpc) is 2.25. The average molecular weight is 255 g/mol. The van der Waals surface area contributed by atoms with Crippen LogP contribution in [0.1, 0.15) is 31.9 Å². The van der Waals surface area contributed by atoms with Crippen LogP contribution in [-0.4, -0.2) is 18.6 Å². The molecule has 0 radical (unpaired) electrons. The molecule has 2 N–H and O–H groups in total. The molecule has 2 nitrogen and oxygen atoms in total. The van der Waals surface area contributed by atoms with Crippen LogP contribution in [0.5, 0.6) is 0 Å². The van der Waals surface area contributed by atoms with E-state index in [0.717, 1.165) is 23.7 Å². The van der Waals surface area contributed by atoms with E-state index in [-0.39, 0.29) is 0 Å². The first-order chi connectivity index (χ1) is 7.99. The maximum atomic E-state index is 6.18. The van der Waals surface area contributed by atoms with Gasteiger partial charge in [-0.3, -0.25) is 0 Å². The van der Waals surface area contributed by atoms with Crippen molar-refractivity contribution in [2.24, 2.45) is 0 Å². The number of benzene rings is 1. The lowest BCUT2D eigenvalue weighted by molar-refractivity contribution is 0.474. The molecule has 0 aromatic heterocycles. The Kier molecular flexibility index (Phi) is 5.96. The maximum Gasteiger partial charge on any atom is 0.0453 e. The molecule has 0 aliphatic heterocycles. The highest BCUT2D eigenvalue weighted by Crippen LogP contribution is 2.17. The van der Waals surface area contributed by atoms with Crippen molar-refractivity contribution in [2.45, 2.75) is 46.3 Å². The van der Waals surface area contributed by atoms with Gasteiger partial charge >= 0.3 is 0 Å². The van der Waals surface area contributed by atoms with Crippen molar-refractivity contribution < 1.29 is 0 Å². The van der Waals surface area contributed by atoms with Gasteiger partial charge in [-0.15, -0.1) is 0 Å². The maximum absolute atomic E-state index is 6.18. The predicted molar refractivity (Wildman–Crippen MR) is 75.6 cm³/mol. The normalized spacial score (nSPS) is 13.1. The monoisotopic (exact) mass is 254 g/mol. The SMILES string of the molecule is Cc1ccc(CNC(C)CNC(C)C)c(Cl)c1. The highest BCUT2D eigenvalue weighted by Gasteiger charge is 2.04. The smallest absolute Gasteiger partial charge is 0.0453 e. The van der Waals surface area contributed by atoms with Crippen LogP contribution in [0.3, 0.4) is 0 Å². The van der Waals surface area contributed by atoms with Gasteiger partial charge in [-0.25, -0.2) is 0 Å². The Morgan fingerprint density at radius 3 is 2.47 bits per heavy atom. The van der Waals surface area contributed by atoms with Gasteiger partial charge in [0.1, 0.15) is 0 Å². The summed E-state index contributed by atoms with van der Waals surface area (Å²) in [7, 11) is 0. The van der Waals surface area contributed by atoms with Gasteiger partial charge in [0.25, 0.3) is 0 Å². The molecule has 1 unspecified atom stereocenters. The Hall–Kier alpha value is -0.570. The van der Waals surface area contributed by atoms with Crippen LogP contribution in [0, 0.1) is 6.92 Å². The van der Waals surface area contributed by atoms with E-state index in [0.29, 0.717) is 12.1 Å². The molecule has 0 fully saturated rings. The largest absolute Gasteiger partial charge is 0.313 e. The molecule has 3 heteroatoms. The van der Waals surface area contributed by atoms with Gasteiger partial charge in [-0.05, 0) is 31.0 Å². The first-order valence-corrected chi connectivity index (χ1v) is 6.58. The number of hydrogen-bond acceptors (Lipinski definition) is 2. The van der Waals surface area contributed by atoms with E-state index >= 15 is 0 Å². The molecule has 1 atom stereocenters. The highest BCUT2D eigenvalue weighted by atomic mass is 35.5. The standard InChI is InChI=1S/C14H23ClN2/c1-10(2)16-8-12(4)17-9-13-6-5-11(3)7-14(13)15/h5-7,10,12,16-17H,8-9H2,1-4H3. The summed E-state index contributed by atoms with van der Waals surface area (Å²) in [5, 5.41) is 7.73. The van der Waals surface area contributed by atoms with Crippen LogP contribution in [0.15, 0.2) is 18.2 Å². The number of hydrogen-bond donors (Lipinski definition) is 2. The first-order valence-electron chi connectivity index (χ1n) is 6.21. The minimum atomic E-state index is 0.440. The van der Waals surface area contributed by atoms with E-state index in [1.54, 1.807) is 0 Å². The van der Waals surface area contributed by atoms with E-state index in [2.05, 4.69) is 50.5 Å². The molecule has 0 aliphatic carbocycles. The second kappa shape index (κ2) is 7.00. The molecule has 0 saturated carbocycles. The summed E-state index contributed by atoms with van der Waals surface area (Å²) < 4.78 is 0. The molecule has 1 aromatic carbocycles. The van der Waals surface area contributed by atoms with Crippen molar-refractivity contribution in [3.05, 3.63) is 34.3 Å². The van der Waals surface area contributed by atoms with Gasteiger partial charge < -0.3 is 10.6 Å². The molecule has 0 bridgehead atoms. The Morgan fingerprint density at radius 2 is 1.88 bits per heavy atom. The lowest BCUT2D eigenvalue weighted by atomic mass is 10.1. The van der Waals surface area contributed by atoms with Crippen molar-refractivity contribution in [1.82, 2.24) is 10.6 Å². The molecule has 0 aliphatic rings. The number of aryl methyl sites for hydroxylation is 1. The van der Waals surface area contributed by atoms with E-state index < -0.39 is 0 Å². The minimum absolute atomic E-state index is 0.440. The molecule has 0 saturated heterocycles. The molecule has 1 aromatic rings. The zero-order valence-corrected chi connectivity index (χ0v) is 11.9. The Labute approximate surface area is 110 Å². The van der Waals surface area contributed by atoms with Crippen LogP contribution in [0.4, 0.5) is 0 Å². The molecule has 96 valence electrons. The third-order valence-corrected chi connectivity index (χ3v) is 3.03. The lowest BCUT2D eigenvalue weighted by Gasteiger charge is -2.17. The van der Waals surface area contributed by atoms with Crippen molar-refractivity contribution in [1.29, 1.82) is 0 Å². The third-order valence-electron chi connectivity index (χ3n) is 2.68. The number of rotatable bonds is 6. The lowest BCUT2D eigenvalue weighted by Crippen LogP contribution is -2.38. The van der Waals surface area contributed by atoms with Gasteiger partial charge in [0.2, 0.25) is 0 Å². The number of halogens is 1. The first kappa shape index (κ1) is 14.5. The Morgan fingerprint density at radius 1 is 1.18 bits per heavy atom. The topological polar surface area (TPSA) is 24.1 Å². The predicted octanol–water partition coefficient (Wildman–Crippen LogP) is 3.12. The summed E-state index contributed by atoms with van der Waals surface area (Å²) in [6.45, 7) is 10.3. The summed E-state index contributed by atoms with van der Waals surface area (Å²) >= 11 is 6.18. The van der Waals surface area contributed by atoms with E-state index in [1.165, 1.54) is 5.56 Å². The molecule has 0 heterocycles.